The summed E-state index contributed by atoms with van der Waals surface area (Å²) in [4.78, 5) is 33.2. The van der Waals surface area contributed by atoms with Gasteiger partial charge in [-0.15, -0.1) is 0 Å². The zero-order chi connectivity index (χ0) is 21.6. The summed E-state index contributed by atoms with van der Waals surface area (Å²) in [6.45, 7) is 0. The van der Waals surface area contributed by atoms with Crippen molar-refractivity contribution in [2.75, 3.05) is 7.11 Å². The third-order valence-electron chi connectivity index (χ3n) is 4.63. The third kappa shape index (κ3) is 4.45. The fourth-order valence-corrected chi connectivity index (χ4v) is 3.07. The second-order valence-electron chi connectivity index (χ2n) is 6.63. The van der Waals surface area contributed by atoms with E-state index in [1.807, 2.05) is 36.4 Å². The van der Waals surface area contributed by atoms with Crippen molar-refractivity contribution in [1.29, 1.82) is 0 Å². The maximum absolute atomic E-state index is 12.9. The molecule has 152 valence electrons. The van der Waals surface area contributed by atoms with Crippen LogP contribution in [-0.2, 0) is 4.74 Å². The van der Waals surface area contributed by atoms with Crippen LogP contribution in [0.1, 0.15) is 26.3 Å². The third-order valence-corrected chi connectivity index (χ3v) is 4.63. The number of para-hydroxylation sites is 1. The number of carbonyl (C=O) groups excluding carboxylic acids is 2. The molecule has 4 aromatic rings. The number of nitrogens with zero attached hydrogens (tertiary/aromatic N) is 3. The Morgan fingerprint density at radius 2 is 1.84 bits per heavy atom. The van der Waals surface area contributed by atoms with Crippen LogP contribution in [0.3, 0.4) is 0 Å². The van der Waals surface area contributed by atoms with E-state index < -0.39 is 5.97 Å². The minimum Gasteiger partial charge on any atom is -0.465 e. The zero-order valence-electron chi connectivity index (χ0n) is 16.6. The van der Waals surface area contributed by atoms with E-state index in [9.17, 15) is 9.59 Å². The number of hydrogen-bond acceptors (Lipinski definition) is 6. The van der Waals surface area contributed by atoms with Crippen LogP contribution in [0.15, 0.2) is 84.2 Å². The molecule has 0 aliphatic carbocycles. The van der Waals surface area contributed by atoms with Gasteiger partial charge in [-0.25, -0.2) is 15.2 Å². The molecule has 0 saturated carbocycles. The first-order chi connectivity index (χ1) is 15.2. The number of methoxy groups -OCH3 is 1. The Hall–Kier alpha value is -4.39. The molecule has 2 aromatic heterocycles. The Kier molecular flexibility index (Phi) is 5.75. The number of amides is 1. The molecule has 7 nitrogen and oxygen atoms in total. The lowest BCUT2D eigenvalue weighted by Gasteiger charge is -2.08. The van der Waals surface area contributed by atoms with Crippen molar-refractivity contribution in [3.8, 4) is 11.3 Å². The van der Waals surface area contributed by atoms with Crippen LogP contribution in [0.2, 0.25) is 0 Å². The van der Waals surface area contributed by atoms with Crippen molar-refractivity contribution in [2.24, 2.45) is 5.10 Å². The van der Waals surface area contributed by atoms with E-state index in [1.165, 1.54) is 13.3 Å². The fourth-order valence-electron chi connectivity index (χ4n) is 3.07. The van der Waals surface area contributed by atoms with Crippen LogP contribution in [0.5, 0.6) is 0 Å². The summed E-state index contributed by atoms with van der Waals surface area (Å²) in [5, 5.41) is 4.78. The molecule has 0 aliphatic rings. The van der Waals surface area contributed by atoms with E-state index >= 15 is 0 Å². The molecule has 0 spiro atoms. The highest BCUT2D eigenvalue weighted by Gasteiger charge is 2.13. The predicted molar refractivity (Wildman–Crippen MR) is 118 cm³/mol. The molecule has 0 bridgehead atoms. The largest absolute Gasteiger partial charge is 0.465 e. The van der Waals surface area contributed by atoms with Gasteiger partial charge in [-0.3, -0.25) is 9.78 Å². The van der Waals surface area contributed by atoms with Gasteiger partial charge in [-0.1, -0.05) is 30.3 Å². The number of pyridine rings is 2. The second kappa shape index (κ2) is 8.96. The lowest BCUT2D eigenvalue weighted by atomic mass is 10.0. The number of benzene rings is 2. The van der Waals surface area contributed by atoms with Crippen LogP contribution >= 0.6 is 0 Å². The first-order valence-electron chi connectivity index (χ1n) is 9.47. The number of hydrazone groups is 1. The maximum atomic E-state index is 12.9. The SMILES string of the molecule is COC(=O)c1ccc(C=NNC(=O)c2cc(-c3cccnc3)nc3ccccc23)cc1. The monoisotopic (exact) mass is 410 g/mol. The minimum absolute atomic E-state index is 0.355. The van der Waals surface area contributed by atoms with Crippen molar-refractivity contribution < 1.29 is 14.3 Å². The molecule has 4 rings (SSSR count). The average molecular weight is 410 g/mol. The van der Waals surface area contributed by atoms with Gasteiger partial charge in [0.2, 0.25) is 0 Å². The molecular weight excluding hydrogens is 392 g/mol. The normalized spacial score (nSPS) is 10.9. The quantitative estimate of drug-likeness (QED) is 0.306. The first kappa shape index (κ1) is 19.9. The molecule has 0 aliphatic heterocycles. The summed E-state index contributed by atoms with van der Waals surface area (Å²) in [7, 11) is 1.33. The molecule has 2 heterocycles. The van der Waals surface area contributed by atoms with Crippen LogP contribution in [0.25, 0.3) is 22.2 Å². The summed E-state index contributed by atoms with van der Waals surface area (Å²) < 4.78 is 4.68. The number of fused-ring (bicyclic) bond motifs is 1. The van der Waals surface area contributed by atoms with Crippen molar-refractivity contribution >= 4 is 29.0 Å². The van der Waals surface area contributed by atoms with Gasteiger partial charge in [0.25, 0.3) is 5.91 Å². The second-order valence-corrected chi connectivity index (χ2v) is 6.63. The molecule has 0 unspecified atom stereocenters. The average Bonchev–Trinajstić information content (AvgIpc) is 2.83. The van der Waals surface area contributed by atoms with Crippen molar-refractivity contribution in [3.05, 3.63) is 95.8 Å². The summed E-state index contributed by atoms with van der Waals surface area (Å²) in [5.74, 6) is -0.767. The lowest BCUT2D eigenvalue weighted by Crippen LogP contribution is -2.18. The van der Waals surface area contributed by atoms with Crippen molar-refractivity contribution in [2.45, 2.75) is 0 Å². The summed E-state index contributed by atoms with van der Waals surface area (Å²) >= 11 is 0. The molecular formula is C24H18N4O3. The Morgan fingerprint density at radius 3 is 2.58 bits per heavy atom. The van der Waals surface area contributed by atoms with Gasteiger partial charge in [0.05, 0.1) is 35.7 Å². The van der Waals surface area contributed by atoms with Crippen LogP contribution in [-0.4, -0.2) is 35.2 Å². The number of nitrogens with one attached hydrogen (secondary N) is 1. The van der Waals surface area contributed by atoms with E-state index in [4.69, 9.17) is 0 Å². The summed E-state index contributed by atoms with van der Waals surface area (Å²) in [6.07, 6.45) is 4.89. The highest BCUT2D eigenvalue weighted by molar-refractivity contribution is 6.07. The van der Waals surface area contributed by atoms with E-state index in [0.29, 0.717) is 22.3 Å². The van der Waals surface area contributed by atoms with Gasteiger partial charge in [0.15, 0.2) is 0 Å². The van der Waals surface area contributed by atoms with Gasteiger partial charge >= 0.3 is 5.97 Å². The van der Waals surface area contributed by atoms with Gasteiger partial charge in [0.1, 0.15) is 0 Å². The summed E-state index contributed by atoms with van der Waals surface area (Å²) in [6, 6.07) is 19.6. The molecule has 0 saturated heterocycles. The van der Waals surface area contributed by atoms with Gasteiger partial charge in [-0.2, -0.15) is 5.10 Å². The molecule has 0 fully saturated rings. The number of aromatic nitrogens is 2. The van der Waals surface area contributed by atoms with Gasteiger partial charge in [-0.05, 0) is 42.0 Å². The van der Waals surface area contributed by atoms with Crippen LogP contribution in [0, 0.1) is 0 Å². The van der Waals surface area contributed by atoms with Gasteiger partial charge in [0, 0.05) is 23.3 Å². The number of hydrogen-bond donors (Lipinski definition) is 1. The van der Waals surface area contributed by atoms with Gasteiger partial charge < -0.3 is 4.74 Å². The lowest BCUT2D eigenvalue weighted by molar-refractivity contribution is 0.0600. The smallest absolute Gasteiger partial charge is 0.337 e. The minimum atomic E-state index is -0.411. The molecule has 31 heavy (non-hydrogen) atoms. The Bertz CT molecular complexity index is 1270. The van der Waals surface area contributed by atoms with E-state index in [0.717, 1.165) is 16.5 Å². The number of carbonyl (C=O) groups is 2. The highest BCUT2D eigenvalue weighted by Crippen LogP contribution is 2.24. The topological polar surface area (TPSA) is 93.5 Å². The molecule has 0 atom stereocenters. The molecule has 0 radical (unpaired) electrons. The van der Waals surface area contributed by atoms with E-state index in [2.05, 4.69) is 25.2 Å². The highest BCUT2D eigenvalue weighted by atomic mass is 16.5. The molecule has 1 N–H and O–H groups in total. The number of ether oxygens (including phenoxy) is 1. The number of esters is 1. The predicted octanol–water partition coefficient (Wildman–Crippen LogP) is 3.85. The maximum Gasteiger partial charge on any atom is 0.337 e. The Labute approximate surface area is 178 Å². The molecule has 1 amide bonds. The summed E-state index contributed by atoms with van der Waals surface area (Å²) in [5.41, 5.74) is 6.36. The Balaban J connectivity index is 1.58. The van der Waals surface area contributed by atoms with Crippen molar-refractivity contribution in [3.63, 3.8) is 0 Å². The van der Waals surface area contributed by atoms with E-state index in [-0.39, 0.29) is 5.91 Å². The molecule has 7 heteroatoms. The fraction of sp³-hybridized carbons (Fsp3) is 0.0417. The Morgan fingerprint density at radius 1 is 1.03 bits per heavy atom. The molecule has 2 aromatic carbocycles. The zero-order valence-corrected chi connectivity index (χ0v) is 16.6. The van der Waals surface area contributed by atoms with Crippen LogP contribution < -0.4 is 5.43 Å². The first-order valence-corrected chi connectivity index (χ1v) is 9.47. The van der Waals surface area contributed by atoms with E-state index in [1.54, 1.807) is 42.7 Å². The van der Waals surface area contributed by atoms with Crippen molar-refractivity contribution in [1.82, 2.24) is 15.4 Å². The standard InChI is InChI=1S/C24H18N4O3/c1-31-24(30)17-10-8-16(9-11-17)14-26-28-23(29)20-13-22(18-5-4-12-25-15-18)27-21-7-3-2-6-19(20)21/h2-15H,1H3,(H,28,29). The van der Waals surface area contributed by atoms with Crippen LogP contribution in [0.4, 0.5) is 0 Å². The number of rotatable bonds is 5.